The fraction of sp³-hybridized carbons (Fsp3) is 0.600. The van der Waals surface area contributed by atoms with E-state index in [0.717, 1.165) is 37.8 Å². The van der Waals surface area contributed by atoms with E-state index in [1.807, 2.05) is 49.1 Å². The average Bonchev–Trinajstić information content (AvgIpc) is 2.66. The smallest absolute Gasteiger partial charge is 0.227 e. The number of carbonyl (C=O) groups is 2. The van der Waals surface area contributed by atoms with Gasteiger partial charge in [-0.05, 0) is 31.2 Å². The van der Waals surface area contributed by atoms with E-state index in [2.05, 4.69) is 5.32 Å². The summed E-state index contributed by atoms with van der Waals surface area (Å²) in [6.45, 7) is 5.82. The number of carbonyl (C=O) groups excluding carboxylic acids is 2. The van der Waals surface area contributed by atoms with Crippen molar-refractivity contribution < 1.29 is 9.59 Å². The van der Waals surface area contributed by atoms with Crippen molar-refractivity contribution in [2.75, 3.05) is 19.6 Å². The quantitative estimate of drug-likeness (QED) is 0.762. The lowest BCUT2D eigenvalue weighted by molar-refractivity contribution is -0.135. The van der Waals surface area contributed by atoms with Crippen LogP contribution in [0.4, 0.5) is 0 Å². The minimum absolute atomic E-state index is 0. The highest BCUT2D eigenvalue weighted by Gasteiger charge is 2.29. The van der Waals surface area contributed by atoms with Crippen LogP contribution in [0.3, 0.4) is 0 Å². The molecule has 3 N–H and O–H groups in total. The van der Waals surface area contributed by atoms with Crippen molar-refractivity contribution in [3.05, 3.63) is 35.9 Å². The van der Waals surface area contributed by atoms with Gasteiger partial charge in [0.1, 0.15) is 0 Å². The third-order valence-electron chi connectivity index (χ3n) is 5.37. The molecule has 5 nitrogen and oxygen atoms in total. The lowest BCUT2D eigenvalue weighted by atomic mass is 9.92. The first-order chi connectivity index (χ1) is 12.0. The molecule has 0 saturated carbocycles. The zero-order valence-electron chi connectivity index (χ0n) is 15.9. The monoisotopic (exact) mass is 381 g/mol. The Labute approximate surface area is 163 Å². The van der Waals surface area contributed by atoms with Gasteiger partial charge in [0.25, 0.3) is 0 Å². The molecule has 1 saturated heterocycles. The van der Waals surface area contributed by atoms with Crippen molar-refractivity contribution in [2.24, 2.45) is 11.7 Å². The summed E-state index contributed by atoms with van der Waals surface area (Å²) in [7, 11) is 0. The molecule has 1 fully saturated rings. The molecule has 1 aromatic rings. The van der Waals surface area contributed by atoms with Crippen LogP contribution >= 0.6 is 12.4 Å². The Morgan fingerprint density at radius 3 is 2.50 bits per heavy atom. The maximum Gasteiger partial charge on any atom is 0.227 e. The predicted molar refractivity (Wildman–Crippen MR) is 107 cm³/mol. The van der Waals surface area contributed by atoms with Crippen LogP contribution < -0.4 is 11.1 Å². The number of nitrogens with two attached hydrogens (primary N) is 1. The number of rotatable bonds is 7. The minimum Gasteiger partial charge on any atom is -0.354 e. The molecule has 2 amide bonds. The van der Waals surface area contributed by atoms with Crippen molar-refractivity contribution in [2.45, 2.75) is 51.5 Å². The fourth-order valence-corrected chi connectivity index (χ4v) is 3.21. The van der Waals surface area contributed by atoms with Crippen LogP contribution in [0, 0.1) is 5.92 Å². The second kappa shape index (κ2) is 10.5. The Hall–Kier alpha value is -1.59. The molecule has 1 aromatic carbocycles. The van der Waals surface area contributed by atoms with Crippen LogP contribution in [0.1, 0.15) is 45.1 Å². The number of nitrogens with zero attached hydrogens (tertiary/aromatic N) is 1. The van der Waals surface area contributed by atoms with E-state index < -0.39 is 0 Å². The van der Waals surface area contributed by atoms with Gasteiger partial charge in [-0.15, -0.1) is 12.4 Å². The van der Waals surface area contributed by atoms with Gasteiger partial charge in [0, 0.05) is 25.2 Å². The summed E-state index contributed by atoms with van der Waals surface area (Å²) >= 11 is 0. The fourth-order valence-electron chi connectivity index (χ4n) is 3.21. The highest BCUT2D eigenvalue weighted by atomic mass is 35.5. The van der Waals surface area contributed by atoms with Gasteiger partial charge in [-0.3, -0.25) is 9.59 Å². The Morgan fingerprint density at radius 2 is 1.88 bits per heavy atom. The first-order valence-electron chi connectivity index (χ1n) is 9.35. The van der Waals surface area contributed by atoms with Crippen LogP contribution in [-0.4, -0.2) is 41.9 Å². The van der Waals surface area contributed by atoms with Gasteiger partial charge >= 0.3 is 0 Å². The number of halogens is 1. The highest BCUT2D eigenvalue weighted by Crippen LogP contribution is 2.18. The molecule has 0 aromatic heterocycles. The Bertz CT molecular complexity index is 576. The molecule has 1 aliphatic rings. The van der Waals surface area contributed by atoms with Gasteiger partial charge in [0.15, 0.2) is 0 Å². The Morgan fingerprint density at radius 1 is 1.23 bits per heavy atom. The van der Waals surface area contributed by atoms with E-state index in [-0.39, 0.29) is 35.7 Å². The third kappa shape index (κ3) is 6.29. The lowest BCUT2D eigenvalue weighted by Crippen LogP contribution is -2.52. The van der Waals surface area contributed by atoms with Crippen LogP contribution in [0.2, 0.25) is 0 Å². The number of amides is 2. The van der Waals surface area contributed by atoms with Crippen LogP contribution in [0.5, 0.6) is 0 Å². The molecule has 1 heterocycles. The van der Waals surface area contributed by atoms with E-state index in [1.165, 1.54) is 0 Å². The molecule has 2 rings (SSSR count). The summed E-state index contributed by atoms with van der Waals surface area (Å²) in [6, 6.07) is 9.75. The standard InChI is InChI=1S/C20H31N3O2.ClH/c1-3-20(21,4-2)15-22-19(25)17-11-8-12-23(14-17)18(24)13-16-9-6-5-7-10-16;/h5-7,9-10,17H,3-4,8,11-15,21H2,1-2H3,(H,22,25);1H. The molecule has 1 unspecified atom stereocenters. The summed E-state index contributed by atoms with van der Waals surface area (Å²) in [5.74, 6) is -0.0145. The second-order valence-electron chi connectivity index (χ2n) is 7.13. The molecule has 0 aliphatic carbocycles. The van der Waals surface area contributed by atoms with E-state index in [4.69, 9.17) is 5.73 Å². The van der Waals surface area contributed by atoms with Crippen molar-refractivity contribution in [1.29, 1.82) is 0 Å². The molecular formula is C20H32ClN3O2. The van der Waals surface area contributed by atoms with Gasteiger partial charge in [0.05, 0.1) is 12.3 Å². The van der Waals surface area contributed by atoms with E-state index in [9.17, 15) is 9.59 Å². The topological polar surface area (TPSA) is 75.4 Å². The van der Waals surface area contributed by atoms with Crippen molar-refractivity contribution in [1.82, 2.24) is 10.2 Å². The van der Waals surface area contributed by atoms with Gasteiger partial charge in [-0.2, -0.15) is 0 Å². The SMILES string of the molecule is CCC(N)(CC)CNC(=O)C1CCCN(C(=O)Cc2ccccc2)C1.Cl. The molecule has 0 radical (unpaired) electrons. The molecule has 0 bridgehead atoms. The number of likely N-dealkylation sites (tertiary alicyclic amines) is 1. The van der Waals surface area contributed by atoms with Gasteiger partial charge in [0.2, 0.25) is 11.8 Å². The van der Waals surface area contributed by atoms with Crippen molar-refractivity contribution in [3.63, 3.8) is 0 Å². The minimum atomic E-state index is -0.340. The maximum atomic E-state index is 12.5. The number of hydrogen-bond acceptors (Lipinski definition) is 3. The summed E-state index contributed by atoms with van der Waals surface area (Å²) in [5.41, 5.74) is 6.93. The zero-order valence-corrected chi connectivity index (χ0v) is 16.7. The summed E-state index contributed by atoms with van der Waals surface area (Å²) < 4.78 is 0. The molecule has 6 heteroatoms. The van der Waals surface area contributed by atoms with E-state index >= 15 is 0 Å². The van der Waals surface area contributed by atoms with Crippen LogP contribution in [-0.2, 0) is 16.0 Å². The molecule has 146 valence electrons. The first-order valence-corrected chi connectivity index (χ1v) is 9.35. The van der Waals surface area contributed by atoms with Crippen molar-refractivity contribution >= 4 is 24.2 Å². The average molecular weight is 382 g/mol. The van der Waals surface area contributed by atoms with E-state index in [0.29, 0.717) is 19.5 Å². The van der Waals surface area contributed by atoms with Gasteiger partial charge in [-0.25, -0.2) is 0 Å². The third-order valence-corrected chi connectivity index (χ3v) is 5.37. The molecular weight excluding hydrogens is 350 g/mol. The normalized spacial score (nSPS) is 17.3. The number of benzene rings is 1. The maximum absolute atomic E-state index is 12.5. The Balaban J connectivity index is 0.00000338. The van der Waals surface area contributed by atoms with Gasteiger partial charge < -0.3 is 16.0 Å². The Kier molecular flexibility index (Phi) is 9.09. The summed E-state index contributed by atoms with van der Waals surface area (Å²) in [6.07, 6.45) is 3.75. The van der Waals surface area contributed by atoms with Crippen LogP contribution in [0.25, 0.3) is 0 Å². The second-order valence-corrected chi connectivity index (χ2v) is 7.13. The number of hydrogen-bond donors (Lipinski definition) is 2. The molecule has 1 aliphatic heterocycles. The molecule has 0 spiro atoms. The predicted octanol–water partition coefficient (Wildman–Crippen LogP) is 2.52. The first kappa shape index (κ1) is 22.5. The highest BCUT2D eigenvalue weighted by molar-refractivity contribution is 5.85. The lowest BCUT2D eigenvalue weighted by Gasteiger charge is -2.33. The van der Waals surface area contributed by atoms with Crippen molar-refractivity contribution in [3.8, 4) is 0 Å². The number of nitrogens with one attached hydrogen (secondary N) is 1. The molecule has 26 heavy (non-hydrogen) atoms. The van der Waals surface area contributed by atoms with Crippen LogP contribution in [0.15, 0.2) is 30.3 Å². The summed E-state index contributed by atoms with van der Waals surface area (Å²) in [4.78, 5) is 26.8. The molecule has 1 atom stereocenters. The zero-order chi connectivity index (χ0) is 18.3. The van der Waals surface area contributed by atoms with Gasteiger partial charge in [-0.1, -0.05) is 44.2 Å². The number of piperidine rings is 1. The largest absolute Gasteiger partial charge is 0.354 e. The van der Waals surface area contributed by atoms with E-state index in [1.54, 1.807) is 0 Å². The summed E-state index contributed by atoms with van der Waals surface area (Å²) in [5, 5.41) is 3.00.